The van der Waals surface area contributed by atoms with Crippen molar-refractivity contribution >= 4 is 27.6 Å². The van der Waals surface area contributed by atoms with Crippen molar-refractivity contribution in [3.05, 3.63) is 56.5 Å². The third-order valence-electron chi connectivity index (χ3n) is 4.98. The smallest absolute Gasteiger partial charge is 0.425 e. The molecule has 2 heterocycles. The van der Waals surface area contributed by atoms with Gasteiger partial charge in [0.2, 0.25) is 0 Å². The predicted molar refractivity (Wildman–Crippen MR) is 127 cm³/mol. The van der Waals surface area contributed by atoms with Gasteiger partial charge in [-0.2, -0.15) is 4.98 Å². The number of ether oxygens (including phenoxy) is 2. The minimum atomic E-state index is -0.506. The Balaban J connectivity index is 1.87. The maximum atomic E-state index is 11.9. The largest absolute Gasteiger partial charge is 0.493 e. The zero-order valence-corrected chi connectivity index (χ0v) is 20.1. The van der Waals surface area contributed by atoms with Gasteiger partial charge in [0, 0.05) is 16.1 Å². The van der Waals surface area contributed by atoms with E-state index < -0.39 is 4.92 Å². The molecule has 0 aliphatic heterocycles. The molecule has 0 N–H and O–H groups in total. The number of nitro groups is 1. The summed E-state index contributed by atoms with van der Waals surface area (Å²) < 4.78 is 19.5. The van der Waals surface area contributed by atoms with Gasteiger partial charge in [-0.1, -0.05) is 41.4 Å². The Morgan fingerprint density at radius 3 is 2.42 bits per heavy atom. The Labute approximate surface area is 198 Å². The number of fused-ring (bicyclic) bond motifs is 1. The Bertz CT molecular complexity index is 1300. The molecule has 0 unspecified atom stereocenters. The molecule has 0 aliphatic carbocycles. The van der Waals surface area contributed by atoms with Gasteiger partial charge in [0.25, 0.3) is 5.89 Å². The lowest BCUT2D eigenvalue weighted by molar-refractivity contribution is -0.390. The van der Waals surface area contributed by atoms with Crippen molar-refractivity contribution in [2.24, 2.45) is 0 Å². The number of hydrogen-bond donors (Lipinski definition) is 0. The molecule has 33 heavy (non-hydrogen) atoms. The van der Waals surface area contributed by atoms with Crippen molar-refractivity contribution in [2.45, 2.75) is 33.6 Å². The van der Waals surface area contributed by atoms with E-state index in [9.17, 15) is 10.1 Å². The van der Waals surface area contributed by atoms with E-state index in [0.717, 1.165) is 33.1 Å². The van der Waals surface area contributed by atoms with Crippen LogP contribution in [0, 0.1) is 10.1 Å². The lowest BCUT2D eigenvalue weighted by atomic mass is 10.0. The highest BCUT2D eigenvalue weighted by Crippen LogP contribution is 2.39. The van der Waals surface area contributed by atoms with Crippen LogP contribution in [0.15, 0.2) is 45.3 Å². The van der Waals surface area contributed by atoms with E-state index in [2.05, 4.69) is 32.9 Å². The molecular formula is C23H23BrN4O5. The van der Waals surface area contributed by atoms with Crippen LogP contribution in [0.5, 0.6) is 11.5 Å². The third kappa shape index (κ3) is 4.43. The molecule has 0 bridgehead atoms. The molecule has 172 valence electrons. The van der Waals surface area contributed by atoms with Gasteiger partial charge in [0.1, 0.15) is 11.5 Å². The van der Waals surface area contributed by atoms with E-state index in [4.69, 9.17) is 13.9 Å². The van der Waals surface area contributed by atoms with Gasteiger partial charge in [-0.15, -0.1) is 0 Å². The highest BCUT2D eigenvalue weighted by atomic mass is 79.9. The number of hydrogen-bond acceptors (Lipinski definition) is 7. The van der Waals surface area contributed by atoms with Gasteiger partial charge in [-0.25, -0.2) is 0 Å². The summed E-state index contributed by atoms with van der Waals surface area (Å²) in [4.78, 5) is 15.8. The Morgan fingerprint density at radius 1 is 1.09 bits per heavy atom. The average molecular weight is 515 g/mol. The highest BCUT2D eigenvalue weighted by Gasteiger charge is 2.30. The Kier molecular flexibility index (Phi) is 6.64. The van der Waals surface area contributed by atoms with Crippen molar-refractivity contribution < 1.29 is 18.8 Å². The Morgan fingerprint density at radius 2 is 1.79 bits per heavy atom. The molecule has 0 aliphatic rings. The first-order valence-corrected chi connectivity index (χ1v) is 11.5. The first-order valence-electron chi connectivity index (χ1n) is 10.7. The molecule has 0 fully saturated rings. The number of rotatable bonds is 9. The average Bonchev–Trinajstić information content (AvgIpc) is 3.34. The summed E-state index contributed by atoms with van der Waals surface area (Å²) in [5.74, 6) is 1.22. The molecule has 2 aromatic carbocycles. The lowest BCUT2D eigenvalue weighted by Gasteiger charge is -2.14. The molecule has 0 spiro atoms. The maximum absolute atomic E-state index is 11.9. The first kappa shape index (κ1) is 22.8. The van der Waals surface area contributed by atoms with Crippen molar-refractivity contribution in [2.75, 3.05) is 13.2 Å². The minimum Gasteiger partial charge on any atom is -0.493 e. The van der Waals surface area contributed by atoms with E-state index >= 15 is 0 Å². The zero-order chi connectivity index (χ0) is 23.5. The standard InChI is InChI=1S/C23H23BrN4O5/c1-4-7-15-12-17(19(32-6-3)13-18(15)31-5-2)21-26-27-22(28(29)30)20(25-23(27)33-21)14-8-10-16(24)11-9-14/h8-13H,4-7H2,1-3H3. The molecule has 9 nitrogen and oxygen atoms in total. The fraction of sp³-hybridized carbons (Fsp3) is 0.304. The summed E-state index contributed by atoms with van der Waals surface area (Å²) >= 11 is 3.37. The van der Waals surface area contributed by atoms with E-state index in [1.807, 2.05) is 26.0 Å². The van der Waals surface area contributed by atoms with E-state index in [1.54, 1.807) is 24.3 Å². The number of benzene rings is 2. The Hall–Kier alpha value is -3.40. The monoisotopic (exact) mass is 514 g/mol. The summed E-state index contributed by atoms with van der Waals surface area (Å²) in [6.45, 7) is 6.84. The van der Waals surface area contributed by atoms with Crippen molar-refractivity contribution in [1.82, 2.24) is 14.6 Å². The second-order valence-corrected chi connectivity index (χ2v) is 8.14. The molecule has 2 aromatic heterocycles. The van der Waals surface area contributed by atoms with E-state index in [-0.39, 0.29) is 23.2 Å². The summed E-state index contributed by atoms with van der Waals surface area (Å²) in [5.41, 5.74) is 2.36. The van der Waals surface area contributed by atoms with Gasteiger partial charge in [0.05, 0.1) is 18.8 Å². The summed E-state index contributed by atoms with van der Waals surface area (Å²) in [6, 6.07) is 10.8. The second kappa shape index (κ2) is 9.62. The van der Waals surface area contributed by atoms with Crippen LogP contribution in [0.4, 0.5) is 5.82 Å². The molecule has 4 rings (SSSR count). The van der Waals surface area contributed by atoms with Crippen LogP contribution in [0.2, 0.25) is 0 Å². The molecule has 0 saturated carbocycles. The van der Waals surface area contributed by atoms with Crippen LogP contribution in [0.3, 0.4) is 0 Å². The van der Waals surface area contributed by atoms with E-state index in [1.165, 1.54) is 0 Å². The normalized spacial score (nSPS) is 11.2. The van der Waals surface area contributed by atoms with Crippen molar-refractivity contribution in [3.8, 4) is 34.2 Å². The summed E-state index contributed by atoms with van der Waals surface area (Å²) in [5, 5.41) is 16.3. The van der Waals surface area contributed by atoms with Crippen LogP contribution in [0.1, 0.15) is 32.8 Å². The van der Waals surface area contributed by atoms with Crippen LogP contribution in [-0.4, -0.2) is 32.7 Å². The van der Waals surface area contributed by atoms with Crippen molar-refractivity contribution in [3.63, 3.8) is 0 Å². The number of halogens is 1. The molecule has 0 saturated heterocycles. The van der Waals surface area contributed by atoms with Crippen LogP contribution < -0.4 is 9.47 Å². The minimum absolute atomic E-state index is 0.0305. The fourth-order valence-electron chi connectivity index (χ4n) is 3.61. The van der Waals surface area contributed by atoms with Gasteiger partial charge >= 0.3 is 11.7 Å². The predicted octanol–water partition coefficient (Wildman–Crippen LogP) is 6.08. The lowest BCUT2D eigenvalue weighted by Crippen LogP contribution is -2.02. The number of nitrogens with zero attached hydrogens (tertiary/aromatic N) is 4. The van der Waals surface area contributed by atoms with Gasteiger partial charge < -0.3 is 24.0 Å². The molecule has 0 atom stereocenters. The highest BCUT2D eigenvalue weighted by molar-refractivity contribution is 9.10. The fourth-order valence-corrected chi connectivity index (χ4v) is 3.88. The number of imidazole rings is 1. The topological polar surface area (TPSA) is 105 Å². The molecular weight excluding hydrogens is 492 g/mol. The molecule has 0 amide bonds. The van der Waals surface area contributed by atoms with Gasteiger partial charge in [-0.3, -0.25) is 0 Å². The van der Waals surface area contributed by atoms with Crippen molar-refractivity contribution in [1.29, 1.82) is 0 Å². The second-order valence-electron chi connectivity index (χ2n) is 7.22. The van der Waals surface area contributed by atoms with Crippen LogP contribution in [0.25, 0.3) is 28.6 Å². The molecule has 0 radical (unpaired) electrons. The first-order chi connectivity index (χ1) is 16.0. The SMILES string of the molecule is CCCc1cc(-c2nn3c([N+](=O)[O-])c(-c4ccc(Br)cc4)nc3o2)c(OCC)cc1OCC. The molecule has 4 aromatic rings. The van der Waals surface area contributed by atoms with Gasteiger partial charge in [-0.05, 0) is 58.6 Å². The summed E-state index contributed by atoms with van der Waals surface area (Å²) in [7, 11) is 0. The molecule has 10 heteroatoms. The number of aromatic nitrogens is 3. The van der Waals surface area contributed by atoms with E-state index in [0.29, 0.717) is 30.1 Å². The quantitative estimate of drug-likeness (QED) is 0.197. The van der Waals surface area contributed by atoms with Crippen LogP contribution >= 0.6 is 15.9 Å². The maximum Gasteiger partial charge on any atom is 0.425 e. The zero-order valence-electron chi connectivity index (χ0n) is 18.5. The number of aryl methyl sites for hydroxylation is 1. The van der Waals surface area contributed by atoms with Crippen LogP contribution in [-0.2, 0) is 6.42 Å². The summed E-state index contributed by atoms with van der Waals surface area (Å²) in [6.07, 6.45) is 1.71. The van der Waals surface area contributed by atoms with Gasteiger partial charge in [0.15, 0.2) is 5.69 Å². The third-order valence-corrected chi connectivity index (χ3v) is 5.51.